The Morgan fingerprint density at radius 1 is 1.57 bits per heavy atom. The first-order chi connectivity index (χ1) is 6.69. The summed E-state index contributed by atoms with van der Waals surface area (Å²) in [5.74, 6) is 0. The number of hydrogen-bond acceptors (Lipinski definition) is 3. The molecule has 4 heteroatoms. The van der Waals surface area contributed by atoms with Gasteiger partial charge in [0.1, 0.15) is 0 Å². The summed E-state index contributed by atoms with van der Waals surface area (Å²) in [6.45, 7) is 5.15. The van der Waals surface area contributed by atoms with Gasteiger partial charge in [-0.25, -0.2) is 0 Å². The van der Waals surface area contributed by atoms with Gasteiger partial charge in [0.05, 0.1) is 11.4 Å². The molecular formula is C10H18N4. The van der Waals surface area contributed by atoms with Crippen LogP contribution in [0.2, 0.25) is 0 Å². The number of aromatic nitrogens is 2. The molecule has 14 heavy (non-hydrogen) atoms. The van der Waals surface area contributed by atoms with Crippen molar-refractivity contribution < 1.29 is 0 Å². The number of nitrogens with zero attached hydrogens (tertiary/aromatic N) is 3. The molecule has 0 aliphatic carbocycles. The SMILES string of the molecule is CCc1cc(CN2CC(N)C2)n(C)n1. The van der Waals surface area contributed by atoms with Crippen molar-refractivity contribution in [2.75, 3.05) is 13.1 Å². The summed E-state index contributed by atoms with van der Waals surface area (Å²) in [5.41, 5.74) is 8.19. The lowest BCUT2D eigenvalue weighted by molar-refractivity contribution is 0.139. The summed E-state index contributed by atoms with van der Waals surface area (Å²) in [4.78, 5) is 2.35. The zero-order chi connectivity index (χ0) is 10.1. The van der Waals surface area contributed by atoms with Crippen molar-refractivity contribution in [2.24, 2.45) is 12.8 Å². The molecule has 1 aliphatic rings. The second-order valence-electron chi connectivity index (χ2n) is 4.06. The fourth-order valence-corrected chi connectivity index (χ4v) is 1.86. The van der Waals surface area contributed by atoms with Crippen molar-refractivity contribution in [3.05, 3.63) is 17.5 Å². The highest BCUT2D eigenvalue weighted by molar-refractivity contribution is 5.10. The smallest absolute Gasteiger partial charge is 0.0625 e. The predicted octanol–water partition coefficient (Wildman–Crippen LogP) is 0.125. The monoisotopic (exact) mass is 194 g/mol. The third-order valence-electron chi connectivity index (χ3n) is 2.76. The van der Waals surface area contributed by atoms with Crippen molar-refractivity contribution in [3.8, 4) is 0 Å². The third kappa shape index (κ3) is 1.81. The van der Waals surface area contributed by atoms with Gasteiger partial charge in [0.15, 0.2) is 0 Å². The van der Waals surface area contributed by atoms with Gasteiger partial charge < -0.3 is 5.73 Å². The van der Waals surface area contributed by atoms with Crippen LogP contribution in [0.4, 0.5) is 0 Å². The van der Waals surface area contributed by atoms with Crippen LogP contribution in [0.1, 0.15) is 18.3 Å². The van der Waals surface area contributed by atoms with Crippen molar-refractivity contribution >= 4 is 0 Å². The maximum atomic E-state index is 5.73. The largest absolute Gasteiger partial charge is 0.325 e. The molecule has 0 amide bonds. The Labute approximate surface area is 84.7 Å². The van der Waals surface area contributed by atoms with Gasteiger partial charge in [-0.3, -0.25) is 9.58 Å². The second-order valence-corrected chi connectivity index (χ2v) is 4.06. The number of nitrogens with two attached hydrogens (primary N) is 1. The maximum absolute atomic E-state index is 5.73. The van der Waals surface area contributed by atoms with E-state index in [0.717, 1.165) is 26.1 Å². The van der Waals surface area contributed by atoms with Crippen molar-refractivity contribution in [2.45, 2.75) is 25.9 Å². The second kappa shape index (κ2) is 3.71. The molecular weight excluding hydrogens is 176 g/mol. The Bertz CT molecular complexity index is 312. The van der Waals surface area contributed by atoms with Gasteiger partial charge in [-0.2, -0.15) is 5.10 Å². The van der Waals surface area contributed by atoms with Crippen LogP contribution in [-0.2, 0) is 20.0 Å². The molecule has 0 atom stereocenters. The molecule has 0 spiro atoms. The third-order valence-corrected chi connectivity index (χ3v) is 2.76. The van der Waals surface area contributed by atoms with Gasteiger partial charge in [0, 0.05) is 32.7 Å². The van der Waals surface area contributed by atoms with Crippen LogP contribution < -0.4 is 5.73 Å². The minimum Gasteiger partial charge on any atom is -0.325 e. The summed E-state index contributed by atoms with van der Waals surface area (Å²) < 4.78 is 1.97. The summed E-state index contributed by atoms with van der Waals surface area (Å²) in [6, 6.07) is 2.57. The quantitative estimate of drug-likeness (QED) is 0.743. The molecule has 4 nitrogen and oxygen atoms in total. The van der Waals surface area contributed by atoms with Crippen molar-refractivity contribution in [1.82, 2.24) is 14.7 Å². The number of rotatable bonds is 3. The highest BCUT2D eigenvalue weighted by atomic mass is 15.3. The first-order valence-corrected chi connectivity index (χ1v) is 5.18. The van der Waals surface area contributed by atoms with Crippen molar-refractivity contribution in [1.29, 1.82) is 0 Å². The molecule has 78 valence electrons. The average Bonchev–Trinajstić information content (AvgIpc) is 2.45. The van der Waals surface area contributed by atoms with E-state index in [2.05, 4.69) is 23.0 Å². The van der Waals surface area contributed by atoms with E-state index in [1.54, 1.807) is 0 Å². The summed E-state index contributed by atoms with van der Waals surface area (Å²) in [7, 11) is 2.01. The summed E-state index contributed by atoms with van der Waals surface area (Å²) >= 11 is 0. The maximum Gasteiger partial charge on any atom is 0.0625 e. The van der Waals surface area contributed by atoms with Gasteiger partial charge in [-0.1, -0.05) is 6.92 Å². The lowest BCUT2D eigenvalue weighted by Crippen LogP contribution is -2.55. The summed E-state index contributed by atoms with van der Waals surface area (Å²) in [6.07, 6.45) is 1.01. The van der Waals surface area contributed by atoms with Crippen LogP contribution in [0.5, 0.6) is 0 Å². The van der Waals surface area contributed by atoms with E-state index in [9.17, 15) is 0 Å². The van der Waals surface area contributed by atoms with Gasteiger partial charge in [0.2, 0.25) is 0 Å². The van der Waals surface area contributed by atoms with E-state index >= 15 is 0 Å². The first kappa shape index (κ1) is 9.68. The van der Waals surface area contributed by atoms with E-state index in [-0.39, 0.29) is 0 Å². The summed E-state index contributed by atoms with van der Waals surface area (Å²) in [5, 5.41) is 4.42. The molecule has 2 rings (SSSR count). The minimum atomic E-state index is 0.383. The van der Waals surface area contributed by atoms with Crippen LogP contribution in [0.25, 0.3) is 0 Å². The molecule has 1 aliphatic heterocycles. The average molecular weight is 194 g/mol. The topological polar surface area (TPSA) is 47.1 Å². The molecule has 0 bridgehead atoms. The Morgan fingerprint density at radius 2 is 2.29 bits per heavy atom. The van der Waals surface area contributed by atoms with Crippen molar-refractivity contribution in [3.63, 3.8) is 0 Å². The fraction of sp³-hybridized carbons (Fsp3) is 0.700. The van der Waals surface area contributed by atoms with Crippen LogP contribution in [0, 0.1) is 0 Å². The fourth-order valence-electron chi connectivity index (χ4n) is 1.86. The van der Waals surface area contributed by atoms with Gasteiger partial charge in [0.25, 0.3) is 0 Å². The molecule has 0 unspecified atom stereocenters. The molecule has 2 heterocycles. The predicted molar refractivity (Wildman–Crippen MR) is 55.8 cm³/mol. The van der Waals surface area contributed by atoms with Crippen LogP contribution in [-0.4, -0.2) is 33.8 Å². The van der Waals surface area contributed by atoms with E-state index in [4.69, 9.17) is 5.73 Å². The number of hydrogen-bond donors (Lipinski definition) is 1. The van der Waals surface area contributed by atoms with E-state index in [1.165, 1.54) is 11.4 Å². The van der Waals surface area contributed by atoms with Gasteiger partial charge in [-0.15, -0.1) is 0 Å². The molecule has 1 aromatic heterocycles. The Hall–Kier alpha value is -0.870. The van der Waals surface area contributed by atoms with Gasteiger partial charge >= 0.3 is 0 Å². The molecule has 1 aromatic rings. The van der Waals surface area contributed by atoms with Gasteiger partial charge in [-0.05, 0) is 12.5 Å². The Morgan fingerprint density at radius 3 is 2.79 bits per heavy atom. The van der Waals surface area contributed by atoms with E-state index < -0.39 is 0 Å². The van der Waals surface area contributed by atoms with E-state index in [1.807, 2.05) is 11.7 Å². The molecule has 0 saturated carbocycles. The highest BCUT2D eigenvalue weighted by Crippen LogP contribution is 2.12. The van der Waals surface area contributed by atoms with Crippen LogP contribution >= 0.6 is 0 Å². The molecule has 1 saturated heterocycles. The number of aryl methyl sites for hydroxylation is 2. The Balaban J connectivity index is 1.98. The lowest BCUT2D eigenvalue weighted by Gasteiger charge is -2.36. The zero-order valence-electron chi connectivity index (χ0n) is 8.90. The molecule has 2 N–H and O–H groups in total. The molecule has 1 fully saturated rings. The Kier molecular flexibility index (Phi) is 2.56. The first-order valence-electron chi connectivity index (χ1n) is 5.18. The highest BCUT2D eigenvalue weighted by Gasteiger charge is 2.23. The van der Waals surface area contributed by atoms with E-state index in [0.29, 0.717) is 6.04 Å². The van der Waals surface area contributed by atoms with Crippen LogP contribution in [0.15, 0.2) is 6.07 Å². The number of likely N-dealkylation sites (tertiary alicyclic amines) is 1. The van der Waals surface area contributed by atoms with Crippen LogP contribution in [0.3, 0.4) is 0 Å². The molecule has 0 aromatic carbocycles. The minimum absolute atomic E-state index is 0.383. The standard InChI is InChI=1S/C10H18N4/c1-3-9-4-10(13(2)12-9)7-14-5-8(11)6-14/h4,8H,3,5-7,11H2,1-2H3. The zero-order valence-corrected chi connectivity index (χ0v) is 8.90. The molecule has 0 radical (unpaired) electrons. The normalized spacial score (nSPS) is 18.5. The lowest BCUT2D eigenvalue weighted by atomic mass is 10.1.